The molecule has 0 unspecified atom stereocenters. The normalized spacial score (nSPS) is 12.1. The van der Waals surface area contributed by atoms with E-state index in [2.05, 4.69) is 17.2 Å². The molecule has 0 amide bonds. The molecule has 0 aromatic rings. The summed E-state index contributed by atoms with van der Waals surface area (Å²) in [5.74, 6) is 0.515. The first-order chi connectivity index (χ1) is 7.52. The Labute approximate surface area is 123 Å². The Morgan fingerprint density at radius 2 is 1.94 bits per heavy atom. The lowest BCUT2D eigenvalue weighted by molar-refractivity contribution is 0.0311. The van der Waals surface area contributed by atoms with E-state index in [0.717, 1.165) is 13.0 Å². The number of rotatable bonds is 8. The second kappa shape index (κ2) is 11.1. The van der Waals surface area contributed by atoms with Gasteiger partial charge in [-0.05, 0) is 20.3 Å². The van der Waals surface area contributed by atoms with Crippen LogP contribution in [0.2, 0.25) is 0 Å². The summed E-state index contributed by atoms with van der Waals surface area (Å²) in [5.41, 5.74) is 5.49. The Kier molecular flexibility index (Phi) is 12.6. The van der Waals surface area contributed by atoms with Crippen molar-refractivity contribution in [3.8, 4) is 0 Å². The van der Waals surface area contributed by atoms with Crippen LogP contribution >= 0.6 is 24.0 Å². The lowest BCUT2D eigenvalue weighted by Crippen LogP contribution is -2.35. The molecule has 0 radical (unpaired) electrons. The number of aliphatic imine (C=N–C) groups is 1. The predicted molar refractivity (Wildman–Crippen MR) is 85.1 cm³/mol. The number of nitrogens with one attached hydrogen (secondary N) is 1. The van der Waals surface area contributed by atoms with E-state index in [1.54, 1.807) is 7.11 Å². The molecule has 0 spiro atoms. The zero-order valence-corrected chi connectivity index (χ0v) is 13.9. The second-order valence-electron chi connectivity index (χ2n) is 4.65. The first kappa shape index (κ1) is 19.3. The smallest absolute Gasteiger partial charge is 0.188 e. The zero-order chi connectivity index (χ0) is 12.4. The molecule has 4 nitrogen and oxygen atoms in total. The van der Waals surface area contributed by atoms with Gasteiger partial charge < -0.3 is 15.8 Å². The lowest BCUT2D eigenvalue weighted by Gasteiger charge is -2.20. The number of hydrogen-bond acceptors (Lipinski definition) is 2. The highest BCUT2D eigenvalue weighted by molar-refractivity contribution is 14.0. The molecular weight excluding hydrogens is 329 g/mol. The molecule has 0 aliphatic rings. The monoisotopic (exact) mass is 357 g/mol. The summed E-state index contributed by atoms with van der Waals surface area (Å²) in [7, 11) is 1.68. The lowest BCUT2D eigenvalue weighted by atomic mass is 10.1. The third-order valence-corrected chi connectivity index (χ3v) is 2.52. The van der Waals surface area contributed by atoms with Gasteiger partial charge >= 0.3 is 0 Å². The summed E-state index contributed by atoms with van der Waals surface area (Å²) in [4.78, 5) is 4.24. The van der Waals surface area contributed by atoms with Crippen molar-refractivity contribution in [3.63, 3.8) is 0 Å². The molecule has 0 aromatic heterocycles. The van der Waals surface area contributed by atoms with Crippen LogP contribution < -0.4 is 11.1 Å². The van der Waals surface area contributed by atoms with Crippen molar-refractivity contribution in [2.75, 3.05) is 20.2 Å². The van der Waals surface area contributed by atoms with Crippen molar-refractivity contribution in [1.29, 1.82) is 0 Å². The molecule has 0 saturated heterocycles. The van der Waals surface area contributed by atoms with Crippen LogP contribution in [0.25, 0.3) is 0 Å². The topological polar surface area (TPSA) is 59.6 Å². The van der Waals surface area contributed by atoms with E-state index in [1.807, 2.05) is 13.8 Å². The molecule has 0 aromatic carbocycles. The molecular formula is C12H28IN3O. The fourth-order valence-corrected chi connectivity index (χ4v) is 1.16. The van der Waals surface area contributed by atoms with Crippen LogP contribution in [0.15, 0.2) is 4.99 Å². The van der Waals surface area contributed by atoms with E-state index < -0.39 is 0 Å². The summed E-state index contributed by atoms with van der Waals surface area (Å²) in [6.07, 6.45) is 4.94. The minimum atomic E-state index is -0.242. The Bertz CT molecular complexity index is 208. The summed E-state index contributed by atoms with van der Waals surface area (Å²) < 4.78 is 5.26. The Morgan fingerprint density at radius 3 is 2.47 bits per heavy atom. The molecule has 3 N–H and O–H groups in total. The highest BCUT2D eigenvalue weighted by Gasteiger charge is 2.15. The Hall–Kier alpha value is -0.0400. The maximum atomic E-state index is 5.73. The summed E-state index contributed by atoms with van der Waals surface area (Å²) in [6, 6.07) is 0. The molecule has 0 saturated carbocycles. The van der Waals surface area contributed by atoms with Crippen LogP contribution in [0.3, 0.4) is 0 Å². The number of guanidine groups is 1. The van der Waals surface area contributed by atoms with Gasteiger partial charge in [0.05, 0.1) is 12.1 Å². The zero-order valence-electron chi connectivity index (χ0n) is 11.6. The van der Waals surface area contributed by atoms with Crippen molar-refractivity contribution in [3.05, 3.63) is 0 Å². The standard InChI is InChI=1S/C12H27N3O.HI/c1-5-6-7-8-9-14-11(13)15-10-12(2,3)16-4;/h5-10H2,1-4H3,(H3,13,14,15);1H. The quantitative estimate of drug-likeness (QED) is 0.304. The molecule has 17 heavy (non-hydrogen) atoms. The largest absolute Gasteiger partial charge is 0.377 e. The van der Waals surface area contributed by atoms with E-state index in [9.17, 15) is 0 Å². The first-order valence-corrected chi connectivity index (χ1v) is 6.11. The number of nitrogens with two attached hydrogens (primary N) is 1. The first-order valence-electron chi connectivity index (χ1n) is 6.11. The van der Waals surface area contributed by atoms with E-state index in [4.69, 9.17) is 10.5 Å². The van der Waals surface area contributed by atoms with Crippen molar-refractivity contribution < 1.29 is 4.74 Å². The molecule has 0 heterocycles. The number of methoxy groups -OCH3 is 1. The van der Waals surface area contributed by atoms with E-state index >= 15 is 0 Å². The van der Waals surface area contributed by atoms with Crippen LogP contribution in [0, 0.1) is 0 Å². The van der Waals surface area contributed by atoms with Crippen molar-refractivity contribution in [2.45, 2.75) is 52.1 Å². The van der Waals surface area contributed by atoms with Gasteiger partial charge in [-0.25, -0.2) is 0 Å². The van der Waals surface area contributed by atoms with Crippen LogP contribution in [-0.4, -0.2) is 31.8 Å². The van der Waals surface area contributed by atoms with Gasteiger partial charge in [-0.1, -0.05) is 26.2 Å². The highest BCUT2D eigenvalue weighted by atomic mass is 127. The maximum absolute atomic E-state index is 5.73. The molecule has 104 valence electrons. The maximum Gasteiger partial charge on any atom is 0.188 e. The fraction of sp³-hybridized carbons (Fsp3) is 0.917. The van der Waals surface area contributed by atoms with Crippen molar-refractivity contribution >= 4 is 29.9 Å². The van der Waals surface area contributed by atoms with Gasteiger partial charge in [0.25, 0.3) is 0 Å². The highest BCUT2D eigenvalue weighted by Crippen LogP contribution is 2.06. The number of nitrogens with zero attached hydrogens (tertiary/aromatic N) is 1. The van der Waals surface area contributed by atoms with Gasteiger partial charge in [-0.2, -0.15) is 0 Å². The molecule has 0 aliphatic heterocycles. The van der Waals surface area contributed by atoms with Gasteiger partial charge in [0, 0.05) is 13.7 Å². The molecule has 0 bridgehead atoms. The van der Waals surface area contributed by atoms with Gasteiger partial charge in [-0.3, -0.25) is 4.99 Å². The number of ether oxygens (including phenoxy) is 1. The van der Waals surface area contributed by atoms with Gasteiger partial charge in [0.2, 0.25) is 0 Å². The molecule has 0 fully saturated rings. The van der Waals surface area contributed by atoms with Crippen LogP contribution in [0.1, 0.15) is 46.5 Å². The Balaban J connectivity index is 0. The molecule has 5 heteroatoms. The van der Waals surface area contributed by atoms with Gasteiger partial charge in [0.1, 0.15) is 0 Å². The summed E-state index contributed by atoms with van der Waals surface area (Å²) in [5, 5.41) is 3.11. The van der Waals surface area contributed by atoms with Crippen LogP contribution in [0.5, 0.6) is 0 Å². The Morgan fingerprint density at radius 1 is 1.29 bits per heavy atom. The van der Waals surface area contributed by atoms with Crippen LogP contribution in [0.4, 0.5) is 0 Å². The molecule has 0 atom stereocenters. The van der Waals surface area contributed by atoms with E-state index in [1.165, 1.54) is 19.3 Å². The fourth-order valence-electron chi connectivity index (χ4n) is 1.16. The molecule has 0 aliphatic carbocycles. The third kappa shape index (κ3) is 12.2. The second-order valence-corrected chi connectivity index (χ2v) is 4.65. The van der Waals surface area contributed by atoms with Crippen molar-refractivity contribution in [1.82, 2.24) is 5.32 Å². The number of unbranched alkanes of at least 4 members (excludes halogenated alkanes) is 3. The van der Waals surface area contributed by atoms with E-state index in [0.29, 0.717) is 12.5 Å². The van der Waals surface area contributed by atoms with Gasteiger partial charge in [0.15, 0.2) is 5.96 Å². The minimum Gasteiger partial charge on any atom is -0.377 e. The summed E-state index contributed by atoms with van der Waals surface area (Å²) in [6.45, 7) is 7.67. The number of hydrogen-bond donors (Lipinski definition) is 2. The average Bonchev–Trinajstić information content (AvgIpc) is 2.26. The SMILES string of the molecule is CCCCCCNC(N)=NCC(C)(C)OC.I. The van der Waals surface area contributed by atoms with E-state index in [-0.39, 0.29) is 29.6 Å². The third-order valence-electron chi connectivity index (χ3n) is 2.52. The van der Waals surface area contributed by atoms with Crippen molar-refractivity contribution in [2.24, 2.45) is 10.7 Å². The van der Waals surface area contributed by atoms with Gasteiger partial charge in [-0.15, -0.1) is 24.0 Å². The summed E-state index contributed by atoms with van der Waals surface area (Å²) >= 11 is 0. The average molecular weight is 357 g/mol. The minimum absolute atomic E-state index is 0. The number of halogens is 1. The van der Waals surface area contributed by atoms with Crippen LogP contribution in [-0.2, 0) is 4.74 Å². The predicted octanol–water partition coefficient (Wildman–Crippen LogP) is 2.51. The molecule has 0 rings (SSSR count).